The topological polar surface area (TPSA) is 20.2 Å². The predicted molar refractivity (Wildman–Crippen MR) is 68.9 cm³/mol. The Labute approximate surface area is 101 Å². The van der Waals surface area contributed by atoms with Crippen LogP contribution in [0.25, 0.3) is 10.1 Å². The fourth-order valence-corrected chi connectivity index (χ4v) is 4.48. The lowest BCUT2D eigenvalue weighted by Crippen LogP contribution is -1.73. The predicted octanol–water partition coefficient (Wildman–Crippen LogP) is 3.82. The van der Waals surface area contributed by atoms with Crippen molar-refractivity contribution in [3.8, 4) is 5.06 Å². The summed E-state index contributed by atoms with van der Waals surface area (Å²) in [7, 11) is 0. The van der Waals surface area contributed by atoms with Crippen LogP contribution in [-0.4, -0.2) is 5.11 Å². The highest BCUT2D eigenvalue weighted by Gasteiger charge is 2.10. The molecule has 0 saturated heterocycles. The van der Waals surface area contributed by atoms with E-state index in [1.165, 1.54) is 20.3 Å². The first-order chi connectivity index (χ1) is 5.70. The van der Waals surface area contributed by atoms with Gasteiger partial charge in [-0.15, -0.1) is 0 Å². The van der Waals surface area contributed by atoms with Crippen LogP contribution in [0.3, 0.4) is 0 Å². The molecule has 2 rings (SSSR count). The molecule has 1 N–H and O–H groups in total. The number of hydrogen-bond acceptors (Lipinski definition) is 2. The molecular weight excluding hydrogens is 398 g/mol. The highest BCUT2D eigenvalue weighted by atomic mass is 127. The quantitative estimate of drug-likeness (QED) is 0.665. The van der Waals surface area contributed by atoms with Crippen LogP contribution in [0.5, 0.6) is 5.06 Å². The number of fused-ring (bicyclic) bond motifs is 1. The van der Waals surface area contributed by atoms with Gasteiger partial charge in [-0.25, -0.2) is 0 Å². The summed E-state index contributed by atoms with van der Waals surface area (Å²) in [6.45, 7) is 0. The molecule has 1 aromatic heterocycles. The summed E-state index contributed by atoms with van der Waals surface area (Å²) in [6.07, 6.45) is 0. The van der Waals surface area contributed by atoms with Crippen molar-refractivity contribution < 1.29 is 5.11 Å². The SMILES string of the molecule is Oc1sc2cccc(I)c2c1I. The van der Waals surface area contributed by atoms with Crippen molar-refractivity contribution in [2.45, 2.75) is 0 Å². The maximum Gasteiger partial charge on any atom is 0.186 e. The van der Waals surface area contributed by atoms with Gasteiger partial charge in [0.05, 0.1) is 3.57 Å². The monoisotopic (exact) mass is 402 g/mol. The molecule has 0 atom stereocenters. The largest absolute Gasteiger partial charge is 0.499 e. The van der Waals surface area contributed by atoms with E-state index in [4.69, 9.17) is 0 Å². The molecule has 0 bridgehead atoms. The zero-order chi connectivity index (χ0) is 8.72. The van der Waals surface area contributed by atoms with Crippen molar-refractivity contribution in [1.82, 2.24) is 0 Å². The van der Waals surface area contributed by atoms with Crippen LogP contribution in [0, 0.1) is 7.14 Å². The number of benzene rings is 1. The number of rotatable bonds is 0. The second-order valence-electron chi connectivity index (χ2n) is 2.33. The molecule has 0 spiro atoms. The Balaban J connectivity index is 2.97. The Hall–Kier alpha value is 0.440. The zero-order valence-electron chi connectivity index (χ0n) is 5.84. The molecule has 0 saturated carbocycles. The smallest absolute Gasteiger partial charge is 0.186 e. The molecule has 0 unspecified atom stereocenters. The minimum Gasteiger partial charge on any atom is -0.499 e. The van der Waals surface area contributed by atoms with Crippen molar-refractivity contribution >= 4 is 66.6 Å². The number of thiophene rings is 1. The Bertz CT molecular complexity index is 436. The molecule has 12 heavy (non-hydrogen) atoms. The first-order valence-corrected chi connectivity index (χ1v) is 6.23. The van der Waals surface area contributed by atoms with Gasteiger partial charge in [-0.3, -0.25) is 0 Å². The molecule has 0 radical (unpaired) electrons. The third kappa shape index (κ3) is 1.33. The molecule has 1 nitrogen and oxygen atoms in total. The lowest BCUT2D eigenvalue weighted by atomic mass is 10.3. The van der Waals surface area contributed by atoms with Gasteiger partial charge in [0.25, 0.3) is 0 Å². The molecule has 0 aliphatic heterocycles. The van der Waals surface area contributed by atoms with Crippen molar-refractivity contribution in [2.24, 2.45) is 0 Å². The van der Waals surface area contributed by atoms with Crippen LogP contribution >= 0.6 is 56.5 Å². The molecular formula is C8H4I2OS. The Kier molecular flexibility index (Phi) is 2.48. The summed E-state index contributed by atoms with van der Waals surface area (Å²) in [5.74, 6) is 0. The zero-order valence-corrected chi connectivity index (χ0v) is 11.0. The van der Waals surface area contributed by atoms with Gasteiger partial charge in [0.1, 0.15) is 0 Å². The highest BCUT2D eigenvalue weighted by Crippen LogP contribution is 2.39. The second-order valence-corrected chi connectivity index (χ2v) is 5.61. The average molecular weight is 402 g/mol. The van der Waals surface area contributed by atoms with E-state index in [9.17, 15) is 5.11 Å². The van der Waals surface area contributed by atoms with E-state index in [0.717, 1.165) is 8.27 Å². The van der Waals surface area contributed by atoms with Crippen molar-refractivity contribution in [1.29, 1.82) is 0 Å². The Morgan fingerprint density at radius 2 is 2.00 bits per heavy atom. The standard InChI is InChI=1S/C8H4I2OS/c9-4-2-1-3-5-6(4)7(10)8(11)12-5/h1-3,11H. The van der Waals surface area contributed by atoms with E-state index >= 15 is 0 Å². The van der Waals surface area contributed by atoms with Gasteiger partial charge >= 0.3 is 0 Å². The van der Waals surface area contributed by atoms with Gasteiger partial charge in [-0.05, 0) is 57.3 Å². The number of hydrogen-bond donors (Lipinski definition) is 1. The number of aromatic hydroxyl groups is 1. The summed E-state index contributed by atoms with van der Waals surface area (Å²) >= 11 is 5.90. The molecule has 0 aliphatic carbocycles. The second kappa shape index (κ2) is 3.30. The van der Waals surface area contributed by atoms with Crippen molar-refractivity contribution in [2.75, 3.05) is 0 Å². The lowest BCUT2D eigenvalue weighted by molar-refractivity contribution is 0.488. The summed E-state index contributed by atoms with van der Waals surface area (Å²) in [5, 5.41) is 11.1. The van der Waals surface area contributed by atoms with E-state index in [0.29, 0.717) is 5.06 Å². The molecule has 0 fully saturated rings. The van der Waals surface area contributed by atoms with E-state index in [1.54, 1.807) is 0 Å². The van der Waals surface area contributed by atoms with Gasteiger partial charge in [0, 0.05) is 13.7 Å². The molecule has 62 valence electrons. The molecule has 1 heterocycles. The van der Waals surface area contributed by atoms with Crippen LogP contribution < -0.4 is 0 Å². The third-order valence-corrected chi connectivity index (χ3v) is 4.86. The van der Waals surface area contributed by atoms with Crippen molar-refractivity contribution in [3.05, 3.63) is 25.3 Å². The van der Waals surface area contributed by atoms with Crippen LogP contribution in [0.15, 0.2) is 18.2 Å². The molecule has 1 aromatic carbocycles. The van der Waals surface area contributed by atoms with E-state index in [1.807, 2.05) is 12.1 Å². The maximum absolute atomic E-state index is 9.48. The van der Waals surface area contributed by atoms with Crippen LogP contribution in [0.4, 0.5) is 0 Å². The average Bonchev–Trinajstić information content (AvgIpc) is 2.29. The van der Waals surface area contributed by atoms with Gasteiger partial charge in [-0.1, -0.05) is 17.4 Å². The van der Waals surface area contributed by atoms with Crippen LogP contribution in [0.2, 0.25) is 0 Å². The fraction of sp³-hybridized carbons (Fsp3) is 0. The normalized spacial score (nSPS) is 10.8. The highest BCUT2D eigenvalue weighted by molar-refractivity contribution is 14.1. The molecule has 4 heteroatoms. The van der Waals surface area contributed by atoms with Gasteiger partial charge in [0.2, 0.25) is 0 Å². The summed E-state index contributed by atoms with van der Waals surface area (Å²) in [5.41, 5.74) is 0. The minimum atomic E-state index is 0.426. The van der Waals surface area contributed by atoms with Gasteiger partial charge < -0.3 is 5.11 Å². The van der Waals surface area contributed by atoms with Gasteiger partial charge in [-0.2, -0.15) is 0 Å². The maximum atomic E-state index is 9.48. The van der Waals surface area contributed by atoms with Gasteiger partial charge in [0.15, 0.2) is 5.06 Å². The number of halogens is 2. The Morgan fingerprint density at radius 1 is 1.25 bits per heavy atom. The lowest BCUT2D eigenvalue weighted by Gasteiger charge is -1.92. The molecule has 2 aromatic rings. The van der Waals surface area contributed by atoms with Crippen LogP contribution in [-0.2, 0) is 0 Å². The molecule has 0 aliphatic rings. The summed E-state index contributed by atoms with van der Waals surface area (Å²) in [4.78, 5) is 0. The fourth-order valence-electron chi connectivity index (χ4n) is 1.06. The molecule has 0 amide bonds. The van der Waals surface area contributed by atoms with E-state index in [2.05, 4.69) is 51.2 Å². The summed E-state index contributed by atoms with van der Waals surface area (Å²) < 4.78 is 3.33. The third-order valence-electron chi connectivity index (χ3n) is 1.59. The first kappa shape index (κ1) is 9.01. The summed E-state index contributed by atoms with van der Waals surface area (Å²) in [6, 6.07) is 6.09. The first-order valence-electron chi connectivity index (χ1n) is 3.25. The van der Waals surface area contributed by atoms with E-state index < -0.39 is 0 Å². The Morgan fingerprint density at radius 3 is 2.67 bits per heavy atom. The van der Waals surface area contributed by atoms with Crippen LogP contribution in [0.1, 0.15) is 0 Å². The minimum absolute atomic E-state index is 0.426. The van der Waals surface area contributed by atoms with E-state index in [-0.39, 0.29) is 0 Å². The van der Waals surface area contributed by atoms with Crippen molar-refractivity contribution in [3.63, 3.8) is 0 Å².